The fourth-order valence-electron chi connectivity index (χ4n) is 1.95. The van der Waals surface area contributed by atoms with E-state index in [1.54, 1.807) is 18.2 Å². The van der Waals surface area contributed by atoms with Crippen molar-refractivity contribution < 1.29 is 14.3 Å². The third-order valence-electron chi connectivity index (χ3n) is 2.88. The monoisotopic (exact) mass is 380 g/mol. The second kappa shape index (κ2) is 7.82. The van der Waals surface area contributed by atoms with E-state index in [0.717, 1.165) is 0 Å². The molecule has 0 unspecified atom stereocenters. The third-order valence-corrected chi connectivity index (χ3v) is 3.34. The molecule has 0 spiro atoms. The molecule has 0 saturated carbocycles. The normalized spacial score (nSPS) is 10.2. The Morgan fingerprint density at radius 3 is 2.30 bits per heavy atom. The number of carbonyl (C=O) groups excluding carboxylic acids is 1. The van der Waals surface area contributed by atoms with Gasteiger partial charge in [-0.1, -0.05) is 0 Å². The number of aromatic amines is 1. The molecule has 1 amide bonds. The molecule has 2 N–H and O–H groups in total. The van der Waals surface area contributed by atoms with Gasteiger partial charge in [-0.05, 0) is 48.0 Å². The van der Waals surface area contributed by atoms with Gasteiger partial charge in [0, 0.05) is 22.3 Å². The number of benzene rings is 1. The second-order valence-corrected chi connectivity index (χ2v) is 5.49. The van der Waals surface area contributed by atoms with Crippen LogP contribution >= 0.6 is 15.9 Å². The molecular formula is C16H17BrN2O4. The van der Waals surface area contributed by atoms with Crippen LogP contribution in [0.1, 0.15) is 24.2 Å². The van der Waals surface area contributed by atoms with Crippen molar-refractivity contribution in [1.29, 1.82) is 0 Å². The van der Waals surface area contributed by atoms with Gasteiger partial charge in [0.2, 0.25) is 0 Å². The number of pyridine rings is 1. The maximum absolute atomic E-state index is 12.4. The minimum absolute atomic E-state index is 0.157. The number of anilines is 1. The van der Waals surface area contributed by atoms with E-state index >= 15 is 0 Å². The Morgan fingerprint density at radius 2 is 1.74 bits per heavy atom. The molecule has 2 rings (SSSR count). The number of ether oxygens (including phenoxy) is 2. The fraction of sp³-hybridized carbons (Fsp3) is 0.250. The molecule has 0 aliphatic carbocycles. The summed E-state index contributed by atoms with van der Waals surface area (Å²) in [7, 11) is 0. The molecule has 2 aromatic rings. The number of hydrogen-bond donors (Lipinski definition) is 2. The number of H-pyrrole nitrogens is 1. The first-order valence-corrected chi connectivity index (χ1v) is 7.93. The summed E-state index contributed by atoms with van der Waals surface area (Å²) >= 11 is 3.25. The van der Waals surface area contributed by atoms with Gasteiger partial charge in [0.25, 0.3) is 11.5 Å². The first kappa shape index (κ1) is 17.1. The molecule has 0 aliphatic rings. The summed E-state index contributed by atoms with van der Waals surface area (Å²) in [6.07, 6.45) is 1.50. The fourth-order valence-corrected chi connectivity index (χ4v) is 2.29. The summed E-state index contributed by atoms with van der Waals surface area (Å²) in [6.45, 7) is 4.66. The van der Waals surface area contributed by atoms with Gasteiger partial charge in [-0.2, -0.15) is 0 Å². The van der Waals surface area contributed by atoms with Gasteiger partial charge < -0.3 is 19.8 Å². The summed E-state index contributed by atoms with van der Waals surface area (Å²) in [5.41, 5.74) is 0.121. The van der Waals surface area contributed by atoms with Crippen LogP contribution in [0.2, 0.25) is 0 Å². The predicted molar refractivity (Wildman–Crippen MR) is 91.5 cm³/mol. The van der Waals surface area contributed by atoms with Crippen molar-refractivity contribution in [2.75, 3.05) is 18.5 Å². The highest BCUT2D eigenvalue weighted by atomic mass is 79.9. The van der Waals surface area contributed by atoms with Crippen molar-refractivity contribution in [3.63, 3.8) is 0 Å². The minimum atomic E-state index is -0.420. The molecular weight excluding hydrogens is 364 g/mol. The first-order valence-electron chi connectivity index (χ1n) is 7.13. The van der Waals surface area contributed by atoms with Gasteiger partial charge >= 0.3 is 0 Å². The van der Waals surface area contributed by atoms with E-state index in [4.69, 9.17) is 9.47 Å². The highest BCUT2D eigenvalue weighted by Gasteiger charge is 2.12. The molecule has 0 fully saturated rings. The second-order valence-electron chi connectivity index (χ2n) is 4.57. The van der Waals surface area contributed by atoms with Crippen LogP contribution in [0.15, 0.2) is 39.7 Å². The number of carbonyl (C=O) groups is 1. The number of hydrogen-bond acceptors (Lipinski definition) is 4. The van der Waals surface area contributed by atoms with Crippen LogP contribution in [0, 0.1) is 0 Å². The highest BCUT2D eigenvalue weighted by molar-refractivity contribution is 9.10. The zero-order chi connectivity index (χ0) is 16.8. The molecule has 6 nitrogen and oxygen atoms in total. The van der Waals surface area contributed by atoms with Crippen LogP contribution in [-0.4, -0.2) is 24.1 Å². The molecule has 23 heavy (non-hydrogen) atoms. The topological polar surface area (TPSA) is 80.4 Å². The van der Waals surface area contributed by atoms with Gasteiger partial charge in [0.05, 0.1) is 13.2 Å². The molecule has 0 radical (unpaired) electrons. The molecule has 0 saturated heterocycles. The maximum atomic E-state index is 12.4. The largest absolute Gasteiger partial charge is 0.494 e. The lowest BCUT2D eigenvalue weighted by atomic mass is 10.2. The average Bonchev–Trinajstić information content (AvgIpc) is 2.51. The standard InChI is InChI=1S/C16H17BrN2O4/c1-3-22-12-5-10(6-13(8-12)23-4-2)15(20)19-14-7-11(17)9-18-16(14)21/h5-9H,3-4H2,1-2H3,(H,18,21)(H,19,20). The molecule has 0 bridgehead atoms. The van der Waals surface area contributed by atoms with Crippen LogP contribution in [0.4, 0.5) is 5.69 Å². The number of amides is 1. The quantitative estimate of drug-likeness (QED) is 0.806. The van der Waals surface area contributed by atoms with Crippen LogP contribution in [0.3, 0.4) is 0 Å². The van der Waals surface area contributed by atoms with Crippen molar-refractivity contribution >= 4 is 27.5 Å². The molecule has 122 valence electrons. The summed E-state index contributed by atoms with van der Waals surface area (Å²) in [4.78, 5) is 26.7. The van der Waals surface area contributed by atoms with E-state index in [9.17, 15) is 9.59 Å². The van der Waals surface area contributed by atoms with E-state index in [2.05, 4.69) is 26.2 Å². The molecule has 0 atom stereocenters. The minimum Gasteiger partial charge on any atom is -0.494 e. The lowest BCUT2D eigenvalue weighted by Crippen LogP contribution is -2.19. The van der Waals surface area contributed by atoms with E-state index in [1.165, 1.54) is 12.3 Å². The number of nitrogens with one attached hydrogen (secondary N) is 2. The zero-order valence-corrected chi connectivity index (χ0v) is 14.4. The molecule has 1 heterocycles. The van der Waals surface area contributed by atoms with Crippen molar-refractivity contribution in [3.05, 3.63) is 50.9 Å². The third kappa shape index (κ3) is 4.59. The van der Waals surface area contributed by atoms with Crippen LogP contribution in [-0.2, 0) is 0 Å². The van der Waals surface area contributed by atoms with Crippen molar-refractivity contribution in [2.45, 2.75) is 13.8 Å². The van der Waals surface area contributed by atoms with E-state index in [1.807, 2.05) is 13.8 Å². The van der Waals surface area contributed by atoms with Crippen molar-refractivity contribution in [2.24, 2.45) is 0 Å². The number of rotatable bonds is 6. The Balaban J connectivity index is 2.30. The lowest BCUT2D eigenvalue weighted by Gasteiger charge is -2.11. The summed E-state index contributed by atoms with van der Waals surface area (Å²) in [5, 5.41) is 2.58. The molecule has 1 aromatic heterocycles. The predicted octanol–water partition coefficient (Wildman–Crippen LogP) is 3.19. The zero-order valence-electron chi connectivity index (χ0n) is 12.8. The molecule has 1 aromatic carbocycles. The Labute approximate surface area is 142 Å². The summed E-state index contributed by atoms with van der Waals surface area (Å²) < 4.78 is 11.5. The van der Waals surface area contributed by atoms with E-state index in [-0.39, 0.29) is 11.2 Å². The van der Waals surface area contributed by atoms with Crippen LogP contribution < -0.4 is 20.3 Å². The summed E-state index contributed by atoms with van der Waals surface area (Å²) in [5.74, 6) is 0.648. The number of halogens is 1. The molecule has 7 heteroatoms. The Morgan fingerprint density at radius 1 is 1.13 bits per heavy atom. The Bertz CT molecular complexity index is 734. The van der Waals surface area contributed by atoms with Gasteiger partial charge in [-0.15, -0.1) is 0 Å². The van der Waals surface area contributed by atoms with Gasteiger partial charge in [0.15, 0.2) is 0 Å². The van der Waals surface area contributed by atoms with E-state index < -0.39 is 5.91 Å². The van der Waals surface area contributed by atoms with Crippen LogP contribution in [0.25, 0.3) is 0 Å². The first-order chi connectivity index (χ1) is 11.0. The van der Waals surface area contributed by atoms with Gasteiger partial charge in [-0.3, -0.25) is 9.59 Å². The van der Waals surface area contributed by atoms with Crippen LogP contribution in [0.5, 0.6) is 11.5 Å². The summed E-state index contributed by atoms with van der Waals surface area (Å²) in [6, 6.07) is 6.46. The van der Waals surface area contributed by atoms with Crippen molar-refractivity contribution in [3.8, 4) is 11.5 Å². The van der Waals surface area contributed by atoms with Gasteiger partial charge in [-0.25, -0.2) is 0 Å². The van der Waals surface area contributed by atoms with E-state index in [0.29, 0.717) is 34.7 Å². The SMILES string of the molecule is CCOc1cc(OCC)cc(C(=O)Nc2cc(Br)c[nH]c2=O)c1. The Hall–Kier alpha value is -2.28. The smallest absolute Gasteiger partial charge is 0.271 e. The average molecular weight is 381 g/mol. The molecule has 0 aliphatic heterocycles. The Kier molecular flexibility index (Phi) is 5.81. The number of aromatic nitrogens is 1. The maximum Gasteiger partial charge on any atom is 0.271 e. The van der Waals surface area contributed by atoms with Crippen molar-refractivity contribution in [1.82, 2.24) is 4.98 Å². The lowest BCUT2D eigenvalue weighted by molar-refractivity contribution is 0.102. The van der Waals surface area contributed by atoms with Gasteiger partial charge in [0.1, 0.15) is 17.2 Å². The highest BCUT2D eigenvalue weighted by Crippen LogP contribution is 2.24.